The van der Waals surface area contributed by atoms with Crippen molar-refractivity contribution in [3.05, 3.63) is 0 Å². The topological polar surface area (TPSA) is 75.4 Å². The SMILES string of the molecule is NCCCCCCCCCCCCCCCCCCCC(=O)NO. The molecule has 0 unspecified atom stereocenters. The Bertz CT molecular complexity index is 260. The maximum atomic E-state index is 10.8. The van der Waals surface area contributed by atoms with E-state index >= 15 is 0 Å². The minimum atomic E-state index is -0.262. The number of unbranched alkanes of at least 4 members (excludes halogenated alkanes) is 16. The molecule has 24 heavy (non-hydrogen) atoms. The standard InChI is InChI=1S/C20H42N2O2/c21-19-17-15-13-11-9-7-5-3-1-2-4-6-8-10-12-14-16-18-20(23)22-24/h24H,1-19,21H2,(H,22,23). The molecule has 4 N–H and O–H groups in total. The van der Waals surface area contributed by atoms with Crippen LogP contribution in [0, 0.1) is 0 Å². The lowest BCUT2D eigenvalue weighted by atomic mass is 10.0. The Labute approximate surface area is 149 Å². The number of hydrogen-bond acceptors (Lipinski definition) is 3. The first kappa shape index (κ1) is 23.4. The molecular weight excluding hydrogens is 300 g/mol. The summed E-state index contributed by atoms with van der Waals surface area (Å²) >= 11 is 0. The third kappa shape index (κ3) is 19.4. The molecule has 1 amide bonds. The van der Waals surface area contributed by atoms with Crippen molar-refractivity contribution in [1.29, 1.82) is 0 Å². The van der Waals surface area contributed by atoms with Gasteiger partial charge in [-0.05, 0) is 19.4 Å². The van der Waals surface area contributed by atoms with Gasteiger partial charge in [0.1, 0.15) is 0 Å². The van der Waals surface area contributed by atoms with Crippen molar-refractivity contribution >= 4 is 5.91 Å². The fourth-order valence-electron chi connectivity index (χ4n) is 3.14. The van der Waals surface area contributed by atoms with Gasteiger partial charge in [0.2, 0.25) is 5.91 Å². The summed E-state index contributed by atoms with van der Waals surface area (Å²) < 4.78 is 0. The van der Waals surface area contributed by atoms with Crippen LogP contribution in [0.5, 0.6) is 0 Å². The van der Waals surface area contributed by atoms with Crippen molar-refractivity contribution in [1.82, 2.24) is 5.48 Å². The number of carbonyl (C=O) groups is 1. The van der Waals surface area contributed by atoms with Crippen LogP contribution < -0.4 is 11.2 Å². The molecular formula is C20H42N2O2. The van der Waals surface area contributed by atoms with E-state index < -0.39 is 0 Å². The van der Waals surface area contributed by atoms with Crippen molar-refractivity contribution in [2.45, 2.75) is 116 Å². The maximum absolute atomic E-state index is 10.8. The van der Waals surface area contributed by atoms with Gasteiger partial charge in [-0.2, -0.15) is 0 Å². The van der Waals surface area contributed by atoms with Crippen LogP contribution in [0.4, 0.5) is 0 Å². The predicted octanol–water partition coefficient (Wildman–Crippen LogP) is 5.47. The Morgan fingerprint density at radius 2 is 0.875 bits per heavy atom. The Hall–Kier alpha value is -0.610. The van der Waals surface area contributed by atoms with Gasteiger partial charge in [-0.15, -0.1) is 0 Å². The van der Waals surface area contributed by atoms with Crippen molar-refractivity contribution in [3.8, 4) is 0 Å². The first-order chi connectivity index (χ1) is 11.8. The third-order valence-corrected chi connectivity index (χ3v) is 4.73. The highest BCUT2D eigenvalue weighted by Gasteiger charge is 1.98. The van der Waals surface area contributed by atoms with E-state index in [0.717, 1.165) is 19.4 Å². The van der Waals surface area contributed by atoms with Crippen LogP contribution in [0.3, 0.4) is 0 Å². The van der Waals surface area contributed by atoms with Gasteiger partial charge in [0, 0.05) is 6.42 Å². The van der Waals surface area contributed by atoms with Crippen molar-refractivity contribution in [3.63, 3.8) is 0 Å². The van der Waals surface area contributed by atoms with Gasteiger partial charge in [0.15, 0.2) is 0 Å². The van der Waals surface area contributed by atoms with Crippen LogP contribution in [-0.4, -0.2) is 17.7 Å². The Morgan fingerprint density at radius 1 is 0.583 bits per heavy atom. The van der Waals surface area contributed by atoms with Gasteiger partial charge in [-0.1, -0.05) is 96.3 Å². The monoisotopic (exact) mass is 342 g/mol. The lowest BCUT2D eigenvalue weighted by Gasteiger charge is -2.03. The number of carbonyl (C=O) groups excluding carboxylic acids is 1. The minimum absolute atomic E-state index is 0.262. The smallest absolute Gasteiger partial charge is 0.243 e. The summed E-state index contributed by atoms with van der Waals surface area (Å²) in [6.45, 7) is 0.851. The molecule has 0 saturated heterocycles. The van der Waals surface area contributed by atoms with Crippen molar-refractivity contribution in [2.24, 2.45) is 5.73 Å². The first-order valence-corrected chi connectivity index (χ1v) is 10.4. The number of nitrogens with two attached hydrogens (primary N) is 1. The maximum Gasteiger partial charge on any atom is 0.243 e. The average molecular weight is 343 g/mol. The zero-order chi connectivity index (χ0) is 17.7. The molecule has 0 aliphatic heterocycles. The summed E-state index contributed by atoms with van der Waals surface area (Å²) in [4.78, 5) is 10.8. The number of nitrogens with one attached hydrogen (secondary N) is 1. The molecule has 4 heteroatoms. The molecule has 0 fully saturated rings. The summed E-state index contributed by atoms with van der Waals surface area (Å²) in [5.41, 5.74) is 7.17. The Kier molecular flexibility index (Phi) is 19.9. The van der Waals surface area contributed by atoms with Gasteiger partial charge in [0.25, 0.3) is 0 Å². The lowest BCUT2D eigenvalue weighted by Crippen LogP contribution is -2.17. The normalized spacial score (nSPS) is 10.9. The van der Waals surface area contributed by atoms with E-state index in [1.54, 1.807) is 5.48 Å². The molecule has 0 aromatic heterocycles. The largest absolute Gasteiger partial charge is 0.330 e. The van der Waals surface area contributed by atoms with Gasteiger partial charge in [-0.25, -0.2) is 5.48 Å². The number of amides is 1. The van der Waals surface area contributed by atoms with Gasteiger partial charge < -0.3 is 5.73 Å². The second-order valence-corrected chi connectivity index (χ2v) is 7.08. The highest BCUT2D eigenvalue weighted by Crippen LogP contribution is 2.14. The van der Waals surface area contributed by atoms with Gasteiger partial charge in [0.05, 0.1) is 0 Å². The van der Waals surface area contributed by atoms with E-state index in [2.05, 4.69) is 0 Å². The molecule has 0 aliphatic carbocycles. The molecule has 0 radical (unpaired) electrons. The van der Waals surface area contributed by atoms with E-state index in [1.807, 2.05) is 0 Å². The summed E-state index contributed by atoms with van der Waals surface area (Å²) in [5, 5.41) is 8.37. The highest BCUT2D eigenvalue weighted by atomic mass is 16.5. The second kappa shape index (κ2) is 20.4. The summed E-state index contributed by atoms with van der Waals surface area (Å²) in [6, 6.07) is 0. The summed E-state index contributed by atoms with van der Waals surface area (Å²) in [6.07, 6.45) is 22.7. The molecule has 0 bridgehead atoms. The molecule has 0 atom stereocenters. The average Bonchev–Trinajstić information content (AvgIpc) is 2.60. The van der Waals surface area contributed by atoms with E-state index in [9.17, 15) is 4.79 Å². The molecule has 0 spiro atoms. The number of hydrogen-bond donors (Lipinski definition) is 3. The van der Waals surface area contributed by atoms with E-state index in [1.165, 1.54) is 96.3 Å². The molecule has 4 nitrogen and oxygen atoms in total. The zero-order valence-corrected chi connectivity index (χ0v) is 15.9. The van der Waals surface area contributed by atoms with E-state index in [-0.39, 0.29) is 5.91 Å². The second-order valence-electron chi connectivity index (χ2n) is 7.08. The van der Waals surface area contributed by atoms with Gasteiger partial charge in [-0.3, -0.25) is 10.0 Å². The van der Waals surface area contributed by atoms with Crippen molar-refractivity contribution < 1.29 is 10.0 Å². The Morgan fingerprint density at radius 3 is 1.17 bits per heavy atom. The molecule has 0 aromatic rings. The highest BCUT2D eigenvalue weighted by molar-refractivity contribution is 5.74. The van der Waals surface area contributed by atoms with Crippen LogP contribution in [0.2, 0.25) is 0 Å². The van der Waals surface area contributed by atoms with Crippen molar-refractivity contribution in [2.75, 3.05) is 6.54 Å². The van der Waals surface area contributed by atoms with Crippen LogP contribution in [0.1, 0.15) is 116 Å². The van der Waals surface area contributed by atoms with Crippen LogP contribution in [-0.2, 0) is 4.79 Å². The van der Waals surface area contributed by atoms with E-state index in [0.29, 0.717) is 6.42 Å². The number of rotatable bonds is 19. The van der Waals surface area contributed by atoms with Gasteiger partial charge >= 0.3 is 0 Å². The minimum Gasteiger partial charge on any atom is -0.330 e. The fourth-order valence-corrected chi connectivity index (χ4v) is 3.14. The molecule has 0 aromatic carbocycles. The summed E-state index contributed by atoms with van der Waals surface area (Å²) in [5.74, 6) is -0.262. The molecule has 144 valence electrons. The number of hydroxylamine groups is 1. The molecule has 0 rings (SSSR count). The molecule has 0 saturated carbocycles. The van der Waals surface area contributed by atoms with Crippen LogP contribution in [0.15, 0.2) is 0 Å². The third-order valence-electron chi connectivity index (χ3n) is 4.73. The van der Waals surface area contributed by atoms with E-state index in [4.69, 9.17) is 10.9 Å². The first-order valence-electron chi connectivity index (χ1n) is 10.4. The van der Waals surface area contributed by atoms with Crippen LogP contribution >= 0.6 is 0 Å². The fraction of sp³-hybridized carbons (Fsp3) is 0.950. The zero-order valence-electron chi connectivity index (χ0n) is 15.9. The Balaban J connectivity index is 2.99. The predicted molar refractivity (Wildman–Crippen MR) is 102 cm³/mol. The molecule has 0 aliphatic rings. The lowest BCUT2D eigenvalue weighted by molar-refractivity contribution is -0.129. The van der Waals surface area contributed by atoms with Crippen LogP contribution in [0.25, 0.3) is 0 Å². The summed E-state index contributed by atoms with van der Waals surface area (Å²) in [7, 11) is 0. The quantitative estimate of drug-likeness (QED) is 0.165. The molecule has 0 heterocycles.